The van der Waals surface area contributed by atoms with Crippen LogP contribution in [-0.4, -0.2) is 27.2 Å². The number of hydrogen-bond acceptors (Lipinski definition) is 5. The van der Waals surface area contributed by atoms with Crippen molar-refractivity contribution in [1.82, 2.24) is 14.6 Å². The number of nitrogens with zero attached hydrogens (tertiary/aromatic N) is 3. The molecule has 7 heteroatoms. The first kappa shape index (κ1) is 12.0. The number of ether oxygens (including phenoxy) is 1. The highest BCUT2D eigenvalue weighted by atomic mass is 127. The fraction of sp³-hybridized carbons (Fsp3) is 0.200. The molecule has 0 aliphatic rings. The second-order valence-electron chi connectivity index (χ2n) is 3.15. The van der Waals surface area contributed by atoms with Gasteiger partial charge >= 0.3 is 5.97 Å². The molecule has 0 unspecified atom stereocenters. The molecule has 0 N–H and O–H groups in total. The summed E-state index contributed by atoms with van der Waals surface area (Å²) in [5.74, 6) is -0.752. The molecule has 0 saturated heterocycles. The maximum Gasteiger partial charge on any atom is 0.364 e. The number of aromatic nitrogens is 3. The molecule has 17 heavy (non-hydrogen) atoms. The quantitative estimate of drug-likeness (QED) is 0.597. The number of pyridine rings is 1. The van der Waals surface area contributed by atoms with Crippen LogP contribution in [0.2, 0.25) is 0 Å². The molecule has 0 spiro atoms. The van der Waals surface area contributed by atoms with Crippen LogP contribution in [0.25, 0.3) is 5.65 Å². The molecule has 2 heterocycles. The van der Waals surface area contributed by atoms with Gasteiger partial charge in [0.2, 0.25) is 5.69 Å². The van der Waals surface area contributed by atoms with Gasteiger partial charge in [0.25, 0.3) is 5.56 Å². The van der Waals surface area contributed by atoms with E-state index < -0.39 is 11.5 Å². The van der Waals surface area contributed by atoms with Gasteiger partial charge in [-0.25, -0.2) is 4.79 Å². The summed E-state index contributed by atoms with van der Waals surface area (Å²) < 4.78 is 6.87. The highest BCUT2D eigenvalue weighted by Crippen LogP contribution is 2.04. The molecule has 6 nitrogen and oxygen atoms in total. The molecule has 0 atom stereocenters. The number of rotatable bonds is 2. The number of hydrogen-bond donors (Lipinski definition) is 0. The van der Waals surface area contributed by atoms with Crippen LogP contribution in [0.15, 0.2) is 23.1 Å². The van der Waals surface area contributed by atoms with E-state index in [1.54, 1.807) is 25.3 Å². The van der Waals surface area contributed by atoms with E-state index in [-0.39, 0.29) is 12.3 Å². The number of carbonyl (C=O) groups excluding carboxylic acids is 1. The maximum atomic E-state index is 12.0. The molecule has 0 saturated carbocycles. The lowest BCUT2D eigenvalue weighted by atomic mass is 10.4. The maximum absolute atomic E-state index is 12.0. The van der Waals surface area contributed by atoms with E-state index >= 15 is 0 Å². The third-order valence-electron chi connectivity index (χ3n) is 2.03. The molecule has 0 radical (unpaired) electrons. The number of carbonyl (C=O) groups is 1. The van der Waals surface area contributed by atoms with Crippen LogP contribution < -0.4 is 5.56 Å². The molecule has 2 rings (SSSR count). The van der Waals surface area contributed by atoms with E-state index in [2.05, 4.69) is 32.8 Å². The van der Waals surface area contributed by atoms with Gasteiger partial charge in [0.15, 0.2) is 5.65 Å². The first-order valence-corrected chi connectivity index (χ1v) is 5.93. The van der Waals surface area contributed by atoms with Gasteiger partial charge in [0, 0.05) is 9.77 Å². The third kappa shape index (κ3) is 2.28. The van der Waals surface area contributed by atoms with Gasteiger partial charge in [-0.2, -0.15) is 0 Å². The number of fused-ring (bicyclic) bond motifs is 1. The van der Waals surface area contributed by atoms with Crippen LogP contribution in [0.4, 0.5) is 0 Å². The summed E-state index contributed by atoms with van der Waals surface area (Å²) in [5, 5.41) is 7.39. The Kier molecular flexibility index (Phi) is 3.36. The van der Waals surface area contributed by atoms with Crippen LogP contribution in [-0.2, 0) is 4.74 Å². The predicted octanol–water partition coefficient (Wildman–Crippen LogP) is 0.871. The first-order valence-electron chi connectivity index (χ1n) is 4.85. The minimum Gasteiger partial charge on any atom is -0.461 e. The topological polar surface area (TPSA) is 73.6 Å². The van der Waals surface area contributed by atoms with Gasteiger partial charge in [-0.1, -0.05) is 0 Å². The molecule has 0 aliphatic heterocycles. The summed E-state index contributed by atoms with van der Waals surface area (Å²) in [6.07, 6.45) is 1.59. The molecule has 0 bridgehead atoms. The van der Waals surface area contributed by atoms with Crippen LogP contribution in [0.3, 0.4) is 0 Å². The van der Waals surface area contributed by atoms with Crippen molar-refractivity contribution in [2.45, 2.75) is 6.92 Å². The van der Waals surface area contributed by atoms with Crippen molar-refractivity contribution in [2.75, 3.05) is 6.61 Å². The lowest BCUT2D eigenvalue weighted by Crippen LogP contribution is -2.26. The van der Waals surface area contributed by atoms with Crippen molar-refractivity contribution < 1.29 is 9.53 Å². The Morgan fingerprint density at radius 3 is 2.94 bits per heavy atom. The second-order valence-corrected chi connectivity index (χ2v) is 4.40. The Hall–Kier alpha value is -1.51. The molecule has 0 fully saturated rings. The van der Waals surface area contributed by atoms with E-state index in [1.165, 1.54) is 4.40 Å². The van der Waals surface area contributed by atoms with Gasteiger partial charge < -0.3 is 4.74 Å². The fourth-order valence-corrected chi connectivity index (χ4v) is 1.76. The Bertz CT molecular complexity index is 638. The summed E-state index contributed by atoms with van der Waals surface area (Å²) in [6, 6.07) is 3.46. The highest BCUT2D eigenvalue weighted by Gasteiger charge is 2.16. The average Bonchev–Trinajstić information content (AvgIpc) is 2.30. The molecular formula is C10H8IN3O3. The second kappa shape index (κ2) is 4.78. The lowest BCUT2D eigenvalue weighted by molar-refractivity contribution is 0.0515. The number of halogens is 1. The van der Waals surface area contributed by atoms with E-state index in [0.717, 1.165) is 3.57 Å². The van der Waals surface area contributed by atoms with Crippen molar-refractivity contribution in [3.8, 4) is 0 Å². The zero-order chi connectivity index (χ0) is 12.4. The Morgan fingerprint density at radius 2 is 2.24 bits per heavy atom. The normalized spacial score (nSPS) is 10.5. The van der Waals surface area contributed by atoms with Gasteiger partial charge in [0.05, 0.1) is 6.61 Å². The Balaban J connectivity index is 2.65. The molecule has 2 aromatic heterocycles. The van der Waals surface area contributed by atoms with E-state index in [4.69, 9.17) is 4.74 Å². The molecular weight excluding hydrogens is 337 g/mol. The van der Waals surface area contributed by atoms with Crippen molar-refractivity contribution in [3.05, 3.63) is 37.9 Å². The third-order valence-corrected chi connectivity index (χ3v) is 2.67. The summed E-state index contributed by atoms with van der Waals surface area (Å²) in [7, 11) is 0. The lowest BCUT2D eigenvalue weighted by Gasteiger charge is -2.02. The van der Waals surface area contributed by atoms with E-state index in [0.29, 0.717) is 5.65 Å². The van der Waals surface area contributed by atoms with Crippen LogP contribution in [0.1, 0.15) is 17.4 Å². The summed E-state index contributed by atoms with van der Waals surface area (Å²) in [4.78, 5) is 23.4. The monoisotopic (exact) mass is 345 g/mol. The van der Waals surface area contributed by atoms with E-state index in [1.807, 2.05) is 0 Å². The van der Waals surface area contributed by atoms with Crippen molar-refractivity contribution in [3.63, 3.8) is 0 Å². The summed E-state index contributed by atoms with van der Waals surface area (Å²) in [6.45, 7) is 1.85. The van der Waals surface area contributed by atoms with Gasteiger partial charge in [-0.15, -0.1) is 10.2 Å². The molecule has 0 amide bonds. The van der Waals surface area contributed by atoms with Crippen LogP contribution >= 0.6 is 22.6 Å². The van der Waals surface area contributed by atoms with Crippen molar-refractivity contribution in [1.29, 1.82) is 0 Å². The standard InChI is InChI=1S/C10H8IN3O3/c1-2-17-10(16)8-9(15)14-5-6(11)3-4-7(14)12-13-8/h3-5H,2H2,1H3. The summed E-state index contributed by atoms with van der Waals surface area (Å²) in [5.41, 5.74) is -0.429. The van der Waals surface area contributed by atoms with E-state index in [9.17, 15) is 9.59 Å². The minimum atomic E-state index is -0.752. The van der Waals surface area contributed by atoms with Crippen molar-refractivity contribution in [2.24, 2.45) is 0 Å². The van der Waals surface area contributed by atoms with Crippen LogP contribution in [0, 0.1) is 3.57 Å². The predicted molar refractivity (Wildman–Crippen MR) is 67.9 cm³/mol. The average molecular weight is 345 g/mol. The zero-order valence-electron chi connectivity index (χ0n) is 8.88. The first-order chi connectivity index (χ1) is 8.13. The minimum absolute atomic E-state index is 0.189. The van der Waals surface area contributed by atoms with Gasteiger partial charge in [-0.05, 0) is 41.6 Å². The SMILES string of the molecule is CCOC(=O)c1nnc2ccc(I)cn2c1=O. The van der Waals surface area contributed by atoms with Crippen molar-refractivity contribution >= 4 is 34.2 Å². The fourth-order valence-electron chi connectivity index (χ4n) is 1.30. The zero-order valence-corrected chi connectivity index (χ0v) is 11.0. The molecule has 2 aromatic rings. The molecule has 0 aliphatic carbocycles. The van der Waals surface area contributed by atoms with Gasteiger partial charge in [-0.3, -0.25) is 9.20 Å². The highest BCUT2D eigenvalue weighted by molar-refractivity contribution is 14.1. The molecule has 88 valence electrons. The Labute approximate surface area is 110 Å². The smallest absolute Gasteiger partial charge is 0.364 e. The Morgan fingerprint density at radius 1 is 1.47 bits per heavy atom. The van der Waals surface area contributed by atoms with Crippen LogP contribution in [0.5, 0.6) is 0 Å². The largest absolute Gasteiger partial charge is 0.461 e. The summed E-state index contributed by atoms with van der Waals surface area (Å²) >= 11 is 2.07. The van der Waals surface area contributed by atoms with Gasteiger partial charge in [0.1, 0.15) is 0 Å². The number of esters is 1. The molecule has 0 aromatic carbocycles.